The maximum Gasteiger partial charge on any atom is 0.261 e. The lowest BCUT2D eigenvalue weighted by Crippen LogP contribution is -2.46. The Morgan fingerprint density at radius 3 is 2.94 bits per heavy atom. The molecule has 1 aliphatic heterocycles. The molecule has 0 spiro atoms. The summed E-state index contributed by atoms with van der Waals surface area (Å²) >= 11 is 0. The molecule has 0 bridgehead atoms. The highest BCUT2D eigenvalue weighted by Gasteiger charge is 2.20. The first-order valence-corrected chi connectivity index (χ1v) is 5.55. The lowest BCUT2D eigenvalue weighted by molar-refractivity contribution is 0.334. The number of ether oxygens (including phenoxy) is 1. The summed E-state index contributed by atoms with van der Waals surface area (Å²) in [6.45, 7) is 1.66. The Balaban J connectivity index is 2.20. The number of aromatic nitrogens is 2. The van der Waals surface area contributed by atoms with Crippen molar-refractivity contribution in [3.63, 3.8) is 0 Å². The van der Waals surface area contributed by atoms with Crippen LogP contribution in [0.15, 0.2) is 29.3 Å². The van der Waals surface area contributed by atoms with Crippen LogP contribution >= 0.6 is 0 Å². The lowest BCUT2D eigenvalue weighted by Gasteiger charge is -2.28. The highest BCUT2D eigenvalue weighted by Crippen LogP contribution is 2.17. The topological polar surface area (TPSA) is 56.1 Å². The van der Waals surface area contributed by atoms with Crippen LogP contribution in [0.1, 0.15) is 6.04 Å². The van der Waals surface area contributed by atoms with E-state index in [-0.39, 0.29) is 11.6 Å². The molecule has 0 atom stereocenters. The standard InChI is InChI=1S/C12H13N3O2/c1-17-9-2-3-11-10(4-9)12(16)15(7-14-11)8-5-13-6-8/h2-4,7-8,13H,5-6H2,1H3. The summed E-state index contributed by atoms with van der Waals surface area (Å²) in [7, 11) is 1.59. The fourth-order valence-corrected chi connectivity index (χ4v) is 1.97. The maximum absolute atomic E-state index is 12.3. The average Bonchev–Trinajstić information content (AvgIpc) is 2.30. The van der Waals surface area contributed by atoms with Crippen molar-refractivity contribution in [2.45, 2.75) is 6.04 Å². The molecule has 5 nitrogen and oxygen atoms in total. The van der Waals surface area contributed by atoms with Gasteiger partial charge in [-0.1, -0.05) is 0 Å². The Bertz CT molecular complexity index is 617. The smallest absolute Gasteiger partial charge is 0.261 e. The van der Waals surface area contributed by atoms with Crippen LogP contribution in [0.4, 0.5) is 0 Å². The number of hydrogen-bond donors (Lipinski definition) is 1. The van der Waals surface area contributed by atoms with E-state index in [0.29, 0.717) is 16.7 Å². The molecule has 3 rings (SSSR count). The predicted octanol–water partition coefficient (Wildman–Crippen LogP) is 0.549. The summed E-state index contributed by atoms with van der Waals surface area (Å²) < 4.78 is 6.82. The normalized spacial score (nSPS) is 15.8. The lowest BCUT2D eigenvalue weighted by atomic mass is 10.1. The van der Waals surface area contributed by atoms with E-state index in [1.807, 2.05) is 6.07 Å². The van der Waals surface area contributed by atoms with Crippen LogP contribution in [0, 0.1) is 0 Å². The predicted molar refractivity (Wildman–Crippen MR) is 64.5 cm³/mol. The Kier molecular flexibility index (Phi) is 2.33. The van der Waals surface area contributed by atoms with Gasteiger partial charge in [0.1, 0.15) is 5.75 Å². The minimum atomic E-state index is 0.000370. The highest BCUT2D eigenvalue weighted by atomic mass is 16.5. The van der Waals surface area contributed by atoms with Gasteiger partial charge in [-0.2, -0.15) is 0 Å². The molecule has 0 saturated carbocycles. The number of fused-ring (bicyclic) bond motifs is 1. The van der Waals surface area contributed by atoms with Crippen molar-refractivity contribution in [1.82, 2.24) is 14.9 Å². The van der Waals surface area contributed by atoms with Gasteiger partial charge in [-0.25, -0.2) is 4.98 Å². The molecule has 0 radical (unpaired) electrons. The quantitative estimate of drug-likeness (QED) is 0.820. The number of hydrogen-bond acceptors (Lipinski definition) is 4. The minimum absolute atomic E-state index is 0.000370. The van der Waals surface area contributed by atoms with Crippen molar-refractivity contribution in [2.24, 2.45) is 0 Å². The van der Waals surface area contributed by atoms with E-state index in [9.17, 15) is 4.79 Å². The first-order chi connectivity index (χ1) is 8.29. The Morgan fingerprint density at radius 1 is 1.47 bits per heavy atom. The second-order valence-electron chi connectivity index (χ2n) is 4.15. The van der Waals surface area contributed by atoms with Crippen LogP contribution in [0.25, 0.3) is 10.9 Å². The fraction of sp³-hybridized carbons (Fsp3) is 0.333. The SMILES string of the molecule is COc1ccc2ncn(C3CNC3)c(=O)c2c1. The van der Waals surface area contributed by atoms with Gasteiger partial charge < -0.3 is 10.1 Å². The van der Waals surface area contributed by atoms with Crippen molar-refractivity contribution < 1.29 is 4.74 Å². The summed E-state index contributed by atoms with van der Waals surface area (Å²) in [4.78, 5) is 16.6. The molecule has 1 fully saturated rings. The van der Waals surface area contributed by atoms with Gasteiger partial charge >= 0.3 is 0 Å². The molecule has 1 aromatic heterocycles. The third kappa shape index (κ3) is 1.59. The van der Waals surface area contributed by atoms with Gasteiger partial charge in [0.2, 0.25) is 0 Å². The molecular weight excluding hydrogens is 218 g/mol. The van der Waals surface area contributed by atoms with Crippen LogP contribution in [0.2, 0.25) is 0 Å². The van der Waals surface area contributed by atoms with Crippen LogP contribution in [-0.4, -0.2) is 29.8 Å². The number of benzene rings is 1. The van der Waals surface area contributed by atoms with Crippen LogP contribution in [0.3, 0.4) is 0 Å². The van der Waals surface area contributed by atoms with Gasteiger partial charge in [0.05, 0.1) is 30.4 Å². The van der Waals surface area contributed by atoms with E-state index in [1.54, 1.807) is 30.1 Å². The molecule has 0 amide bonds. The summed E-state index contributed by atoms with van der Waals surface area (Å²) in [6.07, 6.45) is 1.63. The first kappa shape index (κ1) is 10.3. The molecule has 5 heteroatoms. The van der Waals surface area contributed by atoms with E-state index in [1.165, 1.54) is 0 Å². The molecule has 17 heavy (non-hydrogen) atoms. The van der Waals surface area contributed by atoms with Crippen molar-refractivity contribution in [2.75, 3.05) is 20.2 Å². The second kappa shape index (κ2) is 3.85. The highest BCUT2D eigenvalue weighted by molar-refractivity contribution is 5.78. The number of nitrogens with zero attached hydrogens (tertiary/aromatic N) is 2. The summed E-state index contributed by atoms with van der Waals surface area (Å²) in [5, 5.41) is 3.76. The summed E-state index contributed by atoms with van der Waals surface area (Å²) in [5.74, 6) is 0.681. The summed E-state index contributed by atoms with van der Waals surface area (Å²) in [6, 6.07) is 5.58. The largest absolute Gasteiger partial charge is 0.497 e. The first-order valence-electron chi connectivity index (χ1n) is 5.55. The average molecular weight is 231 g/mol. The van der Waals surface area contributed by atoms with E-state index in [0.717, 1.165) is 13.1 Å². The molecule has 1 aromatic carbocycles. The Morgan fingerprint density at radius 2 is 2.29 bits per heavy atom. The fourth-order valence-electron chi connectivity index (χ4n) is 1.97. The molecular formula is C12H13N3O2. The third-order valence-corrected chi connectivity index (χ3v) is 3.14. The van der Waals surface area contributed by atoms with Gasteiger partial charge in [-0.3, -0.25) is 9.36 Å². The van der Waals surface area contributed by atoms with Crippen molar-refractivity contribution in [3.8, 4) is 5.75 Å². The Hall–Kier alpha value is -1.88. The van der Waals surface area contributed by atoms with Crippen molar-refractivity contribution in [3.05, 3.63) is 34.9 Å². The van der Waals surface area contributed by atoms with Gasteiger partial charge in [-0.15, -0.1) is 0 Å². The molecule has 1 N–H and O–H groups in total. The number of rotatable bonds is 2. The minimum Gasteiger partial charge on any atom is -0.497 e. The van der Waals surface area contributed by atoms with Crippen LogP contribution in [-0.2, 0) is 0 Å². The van der Waals surface area contributed by atoms with Gasteiger partial charge in [-0.05, 0) is 18.2 Å². The number of nitrogens with one attached hydrogen (secondary N) is 1. The second-order valence-corrected chi connectivity index (χ2v) is 4.15. The van der Waals surface area contributed by atoms with E-state index in [4.69, 9.17) is 4.74 Å². The maximum atomic E-state index is 12.3. The Labute approximate surface area is 98.0 Å². The molecule has 0 unspecified atom stereocenters. The zero-order chi connectivity index (χ0) is 11.8. The molecule has 0 aliphatic carbocycles. The van der Waals surface area contributed by atoms with E-state index in [2.05, 4.69) is 10.3 Å². The van der Waals surface area contributed by atoms with E-state index < -0.39 is 0 Å². The van der Waals surface area contributed by atoms with Gasteiger partial charge in [0.25, 0.3) is 5.56 Å². The zero-order valence-electron chi connectivity index (χ0n) is 9.51. The third-order valence-electron chi connectivity index (χ3n) is 3.14. The van der Waals surface area contributed by atoms with Crippen LogP contribution < -0.4 is 15.6 Å². The van der Waals surface area contributed by atoms with Crippen molar-refractivity contribution in [1.29, 1.82) is 0 Å². The van der Waals surface area contributed by atoms with Crippen LogP contribution in [0.5, 0.6) is 5.75 Å². The molecule has 2 heterocycles. The molecule has 1 aliphatic rings. The monoisotopic (exact) mass is 231 g/mol. The molecule has 2 aromatic rings. The molecule has 88 valence electrons. The zero-order valence-corrected chi connectivity index (χ0v) is 9.51. The van der Waals surface area contributed by atoms with Gasteiger partial charge in [0, 0.05) is 13.1 Å². The van der Waals surface area contributed by atoms with E-state index >= 15 is 0 Å². The summed E-state index contributed by atoms with van der Waals surface area (Å²) in [5.41, 5.74) is 0.708. The van der Waals surface area contributed by atoms with Crippen molar-refractivity contribution >= 4 is 10.9 Å². The number of methoxy groups -OCH3 is 1. The van der Waals surface area contributed by atoms with Gasteiger partial charge in [0.15, 0.2) is 0 Å². The molecule has 1 saturated heterocycles.